The molecule has 9 heteroatoms. The van der Waals surface area contributed by atoms with Crippen LogP contribution in [0.2, 0.25) is 0 Å². The van der Waals surface area contributed by atoms with Crippen LogP contribution in [-0.2, 0) is 22.2 Å². The summed E-state index contributed by atoms with van der Waals surface area (Å²) in [5, 5.41) is 1.93. The highest BCUT2D eigenvalue weighted by atomic mass is 32.2. The lowest BCUT2D eigenvalue weighted by molar-refractivity contribution is -0.137. The molecule has 0 aromatic heterocycles. The summed E-state index contributed by atoms with van der Waals surface area (Å²) >= 11 is 0.874. The molecule has 5 nitrogen and oxygen atoms in total. The zero-order valence-corrected chi connectivity index (χ0v) is 16.2. The molecule has 0 aliphatic heterocycles. The van der Waals surface area contributed by atoms with Crippen molar-refractivity contribution >= 4 is 29.1 Å². The molecule has 2 rings (SSSR count). The molecular weight excluding hydrogens is 407 g/mol. The second-order valence-corrected chi connectivity index (χ2v) is 7.01. The largest absolute Gasteiger partial charge is 0.485 e. The number of thioether (sulfide) groups is 1. The molecule has 154 valence electrons. The van der Waals surface area contributed by atoms with Crippen LogP contribution < -0.4 is 10.1 Å². The minimum absolute atomic E-state index is 0.0873. The Balaban J connectivity index is 1.97. The van der Waals surface area contributed by atoms with E-state index in [1.54, 1.807) is 24.3 Å². The van der Waals surface area contributed by atoms with E-state index < -0.39 is 29.4 Å². The van der Waals surface area contributed by atoms with E-state index in [4.69, 9.17) is 4.74 Å². The van der Waals surface area contributed by atoms with E-state index in [0.29, 0.717) is 17.8 Å². The summed E-state index contributed by atoms with van der Waals surface area (Å²) in [6.45, 7) is -0.414. The molecule has 0 heterocycles. The van der Waals surface area contributed by atoms with Crippen molar-refractivity contribution in [3.63, 3.8) is 0 Å². The van der Waals surface area contributed by atoms with Gasteiger partial charge < -0.3 is 10.1 Å². The van der Waals surface area contributed by atoms with Gasteiger partial charge in [-0.15, -0.1) is 0 Å². The average Bonchev–Trinajstić information content (AvgIpc) is 2.71. The number of carbonyl (C=O) groups is 3. The summed E-state index contributed by atoms with van der Waals surface area (Å²) in [7, 11) is 1.49. The van der Waals surface area contributed by atoms with Crippen molar-refractivity contribution in [1.82, 2.24) is 5.32 Å². The lowest BCUT2D eigenvalue weighted by atomic mass is 10.1. The maximum atomic E-state index is 12.7. The molecule has 0 radical (unpaired) electrons. The van der Waals surface area contributed by atoms with Crippen LogP contribution in [0.5, 0.6) is 5.75 Å². The van der Waals surface area contributed by atoms with Crippen LogP contribution in [0.1, 0.15) is 21.5 Å². The van der Waals surface area contributed by atoms with Crippen LogP contribution in [0, 0.1) is 0 Å². The van der Waals surface area contributed by atoms with Crippen molar-refractivity contribution in [3.05, 3.63) is 65.2 Å². The number of alkyl halides is 3. The van der Waals surface area contributed by atoms with Crippen molar-refractivity contribution in [3.8, 4) is 5.75 Å². The first-order chi connectivity index (χ1) is 13.7. The van der Waals surface area contributed by atoms with Crippen LogP contribution >= 0.6 is 11.8 Å². The number of carbonyl (C=O) groups excluding carboxylic acids is 3. The summed E-state index contributed by atoms with van der Waals surface area (Å²) in [6.07, 6.45) is -4.20. The predicted molar refractivity (Wildman–Crippen MR) is 104 cm³/mol. The Hall–Kier alpha value is -2.81. The van der Waals surface area contributed by atoms with Gasteiger partial charge in [0, 0.05) is 12.6 Å². The van der Waals surface area contributed by atoms with Crippen LogP contribution in [0.4, 0.5) is 13.2 Å². The highest BCUT2D eigenvalue weighted by Gasteiger charge is 2.30. The highest BCUT2D eigenvalue weighted by molar-refractivity contribution is 8.13. The summed E-state index contributed by atoms with van der Waals surface area (Å²) in [6, 6.07) is 10.7. The lowest BCUT2D eigenvalue weighted by Crippen LogP contribution is -2.31. The first-order valence-electron chi connectivity index (χ1n) is 8.47. The van der Waals surface area contributed by atoms with E-state index in [1.165, 1.54) is 19.2 Å². The molecule has 0 bridgehead atoms. The molecule has 0 aliphatic rings. The second kappa shape index (κ2) is 10.1. The smallest absolute Gasteiger partial charge is 0.416 e. The molecule has 1 N–H and O–H groups in total. The second-order valence-electron chi connectivity index (χ2n) is 5.97. The number of hydrogen-bond donors (Lipinski definition) is 1. The fourth-order valence-corrected chi connectivity index (χ4v) is 3.13. The third-order valence-electron chi connectivity index (χ3n) is 3.98. The molecule has 1 atom stereocenters. The minimum Gasteiger partial charge on any atom is -0.485 e. The van der Waals surface area contributed by atoms with E-state index in [1.807, 2.05) is 0 Å². The number of rotatable bonds is 9. The van der Waals surface area contributed by atoms with Crippen LogP contribution in [0.15, 0.2) is 48.5 Å². The number of ketones is 1. The number of ether oxygens (including phenoxy) is 1. The first-order valence-corrected chi connectivity index (χ1v) is 9.41. The molecule has 1 amide bonds. The molecular formula is C20H18F3NO4S. The van der Waals surface area contributed by atoms with E-state index in [2.05, 4.69) is 5.32 Å². The van der Waals surface area contributed by atoms with E-state index in [9.17, 15) is 27.6 Å². The van der Waals surface area contributed by atoms with Gasteiger partial charge in [0.1, 0.15) is 5.75 Å². The van der Waals surface area contributed by atoms with Crippen molar-refractivity contribution in [2.75, 3.05) is 13.7 Å². The van der Waals surface area contributed by atoms with Crippen molar-refractivity contribution < 1.29 is 32.3 Å². The monoisotopic (exact) mass is 425 g/mol. The summed E-state index contributed by atoms with van der Waals surface area (Å²) < 4.78 is 43.6. The molecule has 0 fully saturated rings. The van der Waals surface area contributed by atoms with Crippen molar-refractivity contribution in [2.24, 2.45) is 0 Å². The van der Waals surface area contributed by atoms with Gasteiger partial charge in [-0.05, 0) is 36.2 Å². The maximum Gasteiger partial charge on any atom is 0.416 e. The SMILES string of the molecule is CNC(=O)C(Cc1ccc(OCC(=O)c2cccc(C(F)(F)F)c2)cc1)SC=O. The predicted octanol–water partition coefficient (Wildman–Crippen LogP) is 3.55. The van der Waals surface area contributed by atoms with Gasteiger partial charge in [0.05, 0.1) is 10.8 Å². The number of halogens is 3. The van der Waals surface area contributed by atoms with Crippen molar-refractivity contribution in [1.29, 1.82) is 0 Å². The average molecular weight is 425 g/mol. The lowest BCUT2D eigenvalue weighted by Gasteiger charge is -2.12. The van der Waals surface area contributed by atoms with E-state index in [-0.39, 0.29) is 11.5 Å². The van der Waals surface area contributed by atoms with Gasteiger partial charge in [-0.1, -0.05) is 36.0 Å². The normalized spacial score (nSPS) is 12.1. The Kier molecular flexibility index (Phi) is 7.83. The van der Waals surface area contributed by atoms with Crippen molar-refractivity contribution in [2.45, 2.75) is 17.8 Å². The van der Waals surface area contributed by atoms with E-state index >= 15 is 0 Å². The molecule has 0 saturated heterocycles. The topological polar surface area (TPSA) is 72.5 Å². The maximum absolute atomic E-state index is 12.7. The Morgan fingerprint density at radius 1 is 1.17 bits per heavy atom. The van der Waals surface area contributed by atoms with Crippen LogP contribution in [0.25, 0.3) is 0 Å². The third kappa shape index (κ3) is 6.63. The Morgan fingerprint density at radius 2 is 1.86 bits per heavy atom. The third-order valence-corrected chi connectivity index (χ3v) is 4.81. The number of nitrogens with one attached hydrogen (secondary N) is 1. The van der Waals surface area contributed by atoms with Gasteiger partial charge in [-0.3, -0.25) is 14.4 Å². The molecule has 29 heavy (non-hydrogen) atoms. The first kappa shape index (κ1) is 22.5. The van der Waals surface area contributed by atoms with Crippen LogP contribution in [0.3, 0.4) is 0 Å². The number of Topliss-reactive ketones (excluding diaryl/α,β-unsaturated/α-hetero) is 1. The molecule has 1 unspecified atom stereocenters. The molecule has 2 aromatic carbocycles. The Bertz CT molecular complexity index is 869. The Morgan fingerprint density at radius 3 is 2.45 bits per heavy atom. The zero-order valence-electron chi connectivity index (χ0n) is 15.4. The Labute approximate surface area is 169 Å². The summed E-state index contributed by atoms with van der Waals surface area (Å²) in [5.74, 6) is -0.495. The van der Waals surface area contributed by atoms with Gasteiger partial charge in [0.2, 0.25) is 5.91 Å². The van der Waals surface area contributed by atoms with Gasteiger partial charge in [0.15, 0.2) is 18.0 Å². The summed E-state index contributed by atoms with van der Waals surface area (Å²) in [4.78, 5) is 34.6. The summed E-state index contributed by atoms with van der Waals surface area (Å²) in [5.41, 5.74) is 0.406. The molecule has 0 aliphatic carbocycles. The van der Waals surface area contributed by atoms with Gasteiger partial charge >= 0.3 is 6.18 Å². The van der Waals surface area contributed by atoms with Gasteiger partial charge in [0.25, 0.3) is 0 Å². The molecule has 0 saturated carbocycles. The van der Waals surface area contributed by atoms with Crippen LogP contribution in [-0.4, -0.2) is 36.2 Å². The molecule has 2 aromatic rings. The highest BCUT2D eigenvalue weighted by Crippen LogP contribution is 2.29. The fraction of sp³-hybridized carbons (Fsp3) is 0.250. The van der Waals surface area contributed by atoms with Gasteiger partial charge in [-0.25, -0.2) is 0 Å². The zero-order chi connectivity index (χ0) is 21.4. The number of benzene rings is 2. The number of amides is 1. The minimum atomic E-state index is -4.53. The fourth-order valence-electron chi connectivity index (χ4n) is 2.47. The quantitative estimate of drug-likeness (QED) is 0.492. The molecule has 0 spiro atoms. The standard InChI is InChI=1S/C20H18F3NO4S/c1-24-19(27)18(29-12-25)9-13-5-7-16(8-6-13)28-11-17(26)14-3-2-4-15(10-14)20(21,22)23/h2-8,10,12,18H,9,11H2,1H3,(H,24,27). The van der Waals surface area contributed by atoms with E-state index in [0.717, 1.165) is 29.5 Å². The van der Waals surface area contributed by atoms with Gasteiger partial charge in [-0.2, -0.15) is 13.2 Å². The number of hydrogen-bond acceptors (Lipinski definition) is 5.